The number of amides is 1. The van der Waals surface area contributed by atoms with Crippen molar-refractivity contribution in [2.75, 3.05) is 11.9 Å². The predicted molar refractivity (Wildman–Crippen MR) is 125 cm³/mol. The minimum Gasteiger partial charge on any atom is -0.481 e. The standard InChI is InChI=1S/C23H28ClNO6S/c1-8-29-21(27)17-13(3)18(22(28)31-23(5,6)7)32-20(17)25-19(26)14(4)30-16-10-9-15(24)11-12(16)2/h9-11,14H,8H2,1-7H3,(H,25,26). The van der Waals surface area contributed by atoms with Crippen molar-refractivity contribution in [1.29, 1.82) is 0 Å². The van der Waals surface area contributed by atoms with Gasteiger partial charge in [0.1, 0.15) is 21.2 Å². The van der Waals surface area contributed by atoms with Crippen LogP contribution < -0.4 is 10.1 Å². The lowest BCUT2D eigenvalue weighted by Gasteiger charge is -2.19. The molecule has 0 saturated heterocycles. The summed E-state index contributed by atoms with van der Waals surface area (Å²) in [4.78, 5) is 38.3. The zero-order valence-electron chi connectivity index (χ0n) is 19.3. The number of carbonyl (C=O) groups is 3. The Morgan fingerprint density at radius 3 is 2.38 bits per heavy atom. The molecule has 1 heterocycles. The van der Waals surface area contributed by atoms with Crippen LogP contribution in [0.5, 0.6) is 5.75 Å². The number of benzene rings is 1. The third-order valence-electron chi connectivity index (χ3n) is 4.26. The van der Waals surface area contributed by atoms with E-state index in [1.165, 1.54) is 0 Å². The summed E-state index contributed by atoms with van der Waals surface area (Å²) >= 11 is 6.93. The molecule has 0 aliphatic heterocycles. The van der Waals surface area contributed by atoms with Gasteiger partial charge in [0.15, 0.2) is 6.10 Å². The first-order valence-electron chi connectivity index (χ1n) is 10.1. The first kappa shape index (κ1) is 25.7. The fourth-order valence-corrected chi connectivity index (χ4v) is 4.07. The lowest BCUT2D eigenvalue weighted by atomic mass is 10.1. The maximum Gasteiger partial charge on any atom is 0.349 e. The number of nitrogens with one attached hydrogen (secondary N) is 1. The third kappa shape index (κ3) is 6.46. The Bertz CT molecular complexity index is 1020. The summed E-state index contributed by atoms with van der Waals surface area (Å²) in [5.74, 6) is -1.18. The molecule has 0 aliphatic carbocycles. The lowest BCUT2D eigenvalue weighted by molar-refractivity contribution is -0.122. The molecular formula is C23H28ClNO6S. The molecular weight excluding hydrogens is 454 g/mol. The number of ether oxygens (including phenoxy) is 3. The molecule has 0 fully saturated rings. The van der Waals surface area contributed by atoms with E-state index >= 15 is 0 Å². The SMILES string of the molecule is CCOC(=O)c1c(NC(=O)C(C)Oc2ccc(Cl)cc2C)sc(C(=O)OC(C)(C)C)c1C. The van der Waals surface area contributed by atoms with Crippen LogP contribution in [-0.2, 0) is 14.3 Å². The smallest absolute Gasteiger partial charge is 0.349 e. The van der Waals surface area contributed by atoms with Crippen molar-refractivity contribution >= 4 is 45.8 Å². The average molecular weight is 482 g/mol. The summed E-state index contributed by atoms with van der Waals surface area (Å²) in [6.45, 7) is 12.1. The van der Waals surface area contributed by atoms with Gasteiger partial charge >= 0.3 is 11.9 Å². The van der Waals surface area contributed by atoms with E-state index in [-0.39, 0.29) is 22.0 Å². The topological polar surface area (TPSA) is 90.9 Å². The molecule has 0 aliphatic rings. The maximum atomic E-state index is 12.8. The van der Waals surface area contributed by atoms with E-state index in [4.69, 9.17) is 25.8 Å². The minimum atomic E-state index is -0.877. The van der Waals surface area contributed by atoms with Crippen molar-refractivity contribution < 1.29 is 28.6 Å². The molecule has 1 atom stereocenters. The van der Waals surface area contributed by atoms with Crippen molar-refractivity contribution in [1.82, 2.24) is 0 Å². The second-order valence-corrected chi connectivity index (χ2v) is 9.60. The van der Waals surface area contributed by atoms with Crippen molar-refractivity contribution in [3.8, 4) is 5.75 Å². The second-order valence-electron chi connectivity index (χ2n) is 8.14. The number of carbonyl (C=O) groups excluding carboxylic acids is 3. The summed E-state index contributed by atoms with van der Waals surface area (Å²) in [5, 5.41) is 3.47. The van der Waals surface area contributed by atoms with Crippen molar-refractivity contribution in [2.45, 2.75) is 60.2 Å². The fraction of sp³-hybridized carbons (Fsp3) is 0.435. The summed E-state index contributed by atoms with van der Waals surface area (Å²) in [6.07, 6.45) is -0.877. The number of hydrogen-bond donors (Lipinski definition) is 1. The first-order valence-corrected chi connectivity index (χ1v) is 11.3. The van der Waals surface area contributed by atoms with Crippen LogP contribution in [0.4, 0.5) is 5.00 Å². The van der Waals surface area contributed by atoms with Gasteiger partial charge < -0.3 is 19.5 Å². The molecule has 1 amide bonds. The summed E-state index contributed by atoms with van der Waals surface area (Å²) in [5.41, 5.74) is 0.587. The Morgan fingerprint density at radius 2 is 1.81 bits per heavy atom. The molecule has 2 rings (SSSR count). The van der Waals surface area contributed by atoms with E-state index in [1.54, 1.807) is 59.7 Å². The van der Waals surface area contributed by atoms with Gasteiger partial charge in [-0.3, -0.25) is 4.79 Å². The van der Waals surface area contributed by atoms with Crippen molar-refractivity contribution in [3.63, 3.8) is 0 Å². The highest BCUT2D eigenvalue weighted by atomic mass is 35.5. The molecule has 2 aromatic rings. The normalized spacial score (nSPS) is 12.1. The highest BCUT2D eigenvalue weighted by molar-refractivity contribution is 7.18. The van der Waals surface area contributed by atoms with Crippen molar-refractivity contribution in [3.05, 3.63) is 44.8 Å². The van der Waals surface area contributed by atoms with Crippen LogP contribution in [0.3, 0.4) is 0 Å². The van der Waals surface area contributed by atoms with Gasteiger partial charge in [-0.15, -0.1) is 11.3 Å². The van der Waals surface area contributed by atoms with Crippen LogP contribution in [0.1, 0.15) is 65.8 Å². The quantitative estimate of drug-likeness (QED) is 0.521. The molecule has 1 aromatic carbocycles. The number of anilines is 1. The molecule has 1 unspecified atom stereocenters. The van der Waals surface area contributed by atoms with Gasteiger partial charge in [-0.2, -0.15) is 0 Å². The number of aryl methyl sites for hydroxylation is 1. The summed E-state index contributed by atoms with van der Waals surface area (Å²) in [7, 11) is 0. The van der Waals surface area contributed by atoms with E-state index in [0.717, 1.165) is 16.9 Å². The van der Waals surface area contributed by atoms with Crippen molar-refractivity contribution in [2.24, 2.45) is 0 Å². The van der Waals surface area contributed by atoms with Gasteiger partial charge in [0.05, 0.1) is 12.2 Å². The van der Waals surface area contributed by atoms with Gasteiger partial charge in [-0.25, -0.2) is 9.59 Å². The van der Waals surface area contributed by atoms with E-state index in [2.05, 4.69) is 5.32 Å². The Morgan fingerprint density at radius 1 is 1.16 bits per heavy atom. The average Bonchev–Trinajstić information content (AvgIpc) is 2.98. The van der Waals surface area contributed by atoms with Crippen LogP contribution >= 0.6 is 22.9 Å². The van der Waals surface area contributed by atoms with Crippen LogP contribution in [0.15, 0.2) is 18.2 Å². The first-order chi connectivity index (χ1) is 14.8. The molecule has 174 valence electrons. The van der Waals surface area contributed by atoms with Gasteiger partial charge in [-0.05, 0) is 77.8 Å². The van der Waals surface area contributed by atoms with E-state index in [0.29, 0.717) is 16.3 Å². The molecule has 32 heavy (non-hydrogen) atoms. The van der Waals surface area contributed by atoms with Crippen LogP contribution in [0.2, 0.25) is 5.02 Å². The van der Waals surface area contributed by atoms with E-state index in [9.17, 15) is 14.4 Å². The summed E-state index contributed by atoms with van der Waals surface area (Å²) < 4.78 is 16.3. The number of thiophene rings is 1. The lowest BCUT2D eigenvalue weighted by Crippen LogP contribution is -2.30. The highest BCUT2D eigenvalue weighted by Gasteiger charge is 2.30. The second kappa shape index (κ2) is 10.4. The van der Waals surface area contributed by atoms with Gasteiger partial charge in [-0.1, -0.05) is 11.6 Å². The number of rotatable bonds is 7. The van der Waals surface area contributed by atoms with E-state index in [1.807, 2.05) is 6.92 Å². The number of hydrogen-bond acceptors (Lipinski definition) is 7. The number of halogens is 1. The molecule has 0 spiro atoms. The Kier molecular flexibility index (Phi) is 8.31. The Labute approximate surface area is 197 Å². The Balaban J connectivity index is 2.31. The molecule has 0 radical (unpaired) electrons. The van der Waals surface area contributed by atoms with Gasteiger partial charge in [0, 0.05) is 5.02 Å². The zero-order valence-corrected chi connectivity index (χ0v) is 20.8. The zero-order chi connectivity index (χ0) is 24.2. The maximum absolute atomic E-state index is 12.8. The molecule has 0 bridgehead atoms. The highest BCUT2D eigenvalue weighted by Crippen LogP contribution is 2.35. The predicted octanol–water partition coefficient (Wildman–Crippen LogP) is 5.56. The van der Waals surface area contributed by atoms with Gasteiger partial charge in [0.25, 0.3) is 5.91 Å². The molecule has 1 N–H and O–H groups in total. The van der Waals surface area contributed by atoms with E-state index < -0.39 is 29.6 Å². The fourth-order valence-electron chi connectivity index (χ4n) is 2.77. The largest absolute Gasteiger partial charge is 0.481 e. The monoisotopic (exact) mass is 481 g/mol. The molecule has 1 aromatic heterocycles. The number of esters is 2. The molecule has 7 nitrogen and oxygen atoms in total. The third-order valence-corrected chi connectivity index (χ3v) is 5.68. The minimum absolute atomic E-state index is 0.126. The van der Waals surface area contributed by atoms with Crippen LogP contribution in [0.25, 0.3) is 0 Å². The summed E-state index contributed by atoms with van der Waals surface area (Å²) in [6, 6.07) is 5.08. The Hall–Kier alpha value is -2.58. The van der Waals surface area contributed by atoms with Crippen LogP contribution in [0, 0.1) is 13.8 Å². The molecule has 0 saturated carbocycles. The molecule has 9 heteroatoms. The van der Waals surface area contributed by atoms with Gasteiger partial charge in [0.2, 0.25) is 0 Å². The van der Waals surface area contributed by atoms with Crippen LogP contribution in [-0.4, -0.2) is 36.2 Å².